The number of nitrogens with one attached hydrogen (secondary N) is 1. The average molecular weight is 245 g/mol. The summed E-state index contributed by atoms with van der Waals surface area (Å²) in [6, 6.07) is 0. The fourth-order valence-corrected chi connectivity index (χ4v) is 1.32. The van der Waals surface area contributed by atoms with Crippen LogP contribution in [-0.2, 0) is 22.4 Å². The summed E-state index contributed by atoms with van der Waals surface area (Å²) in [4.78, 5) is 0. The summed E-state index contributed by atoms with van der Waals surface area (Å²) in [5, 5.41) is 2.96. The van der Waals surface area contributed by atoms with Gasteiger partial charge in [-0.2, -0.15) is 3.71 Å². The van der Waals surface area contributed by atoms with Crippen molar-refractivity contribution in [1.82, 2.24) is 9.03 Å². The summed E-state index contributed by atoms with van der Waals surface area (Å²) in [5.41, 5.74) is 5.43. The SMILES string of the molecule is NC1NCN(S)S1.[Ag+]. The van der Waals surface area contributed by atoms with Crippen LogP contribution in [-0.4, -0.2) is 15.9 Å². The quantitative estimate of drug-likeness (QED) is 0.308. The zero-order valence-corrected chi connectivity index (χ0v) is 7.16. The fraction of sp³-hybridized carbons (Fsp3) is 1.00. The van der Waals surface area contributed by atoms with Crippen molar-refractivity contribution in [2.45, 2.75) is 5.50 Å². The van der Waals surface area contributed by atoms with E-state index in [0.717, 1.165) is 6.67 Å². The van der Waals surface area contributed by atoms with Crippen LogP contribution in [0.5, 0.6) is 0 Å². The van der Waals surface area contributed by atoms with Crippen molar-refractivity contribution < 1.29 is 22.4 Å². The Labute approximate surface area is 73.9 Å². The smallest absolute Gasteiger partial charge is 0.306 e. The summed E-state index contributed by atoms with van der Waals surface area (Å²) in [7, 11) is 0. The van der Waals surface area contributed by atoms with Gasteiger partial charge in [-0.3, -0.25) is 5.32 Å². The van der Waals surface area contributed by atoms with Crippen molar-refractivity contribution in [3.8, 4) is 0 Å². The minimum atomic E-state index is 0. The largest absolute Gasteiger partial charge is 1.00 e. The molecule has 1 atom stereocenters. The molecule has 0 aromatic rings. The van der Waals surface area contributed by atoms with Gasteiger partial charge in [0.05, 0.1) is 6.67 Å². The molecule has 0 radical (unpaired) electrons. The van der Waals surface area contributed by atoms with Crippen molar-refractivity contribution in [3.05, 3.63) is 0 Å². The zero-order chi connectivity index (χ0) is 5.28. The minimum Gasteiger partial charge on any atom is -0.306 e. The number of rotatable bonds is 0. The first-order chi connectivity index (χ1) is 3.29. The summed E-state index contributed by atoms with van der Waals surface area (Å²) in [6.45, 7) is 0.759. The van der Waals surface area contributed by atoms with Gasteiger partial charge in [0.25, 0.3) is 0 Å². The average Bonchev–Trinajstić information content (AvgIpc) is 1.87. The molecular weight excluding hydrogens is 238 g/mol. The molecule has 1 unspecified atom stereocenters. The maximum Gasteiger partial charge on any atom is 1.00 e. The van der Waals surface area contributed by atoms with Crippen LogP contribution in [0.2, 0.25) is 0 Å². The molecular formula is C2H7AgN3S2+. The standard InChI is InChI=1S/C2H7N3S2.Ag/c3-2-4-1-5(6)7-2;/h2,4,6H,1,3H2;/q;+1. The molecule has 0 spiro atoms. The van der Waals surface area contributed by atoms with Gasteiger partial charge >= 0.3 is 22.4 Å². The van der Waals surface area contributed by atoms with E-state index in [9.17, 15) is 0 Å². The van der Waals surface area contributed by atoms with Gasteiger partial charge in [0.1, 0.15) is 5.50 Å². The van der Waals surface area contributed by atoms with Crippen LogP contribution in [0, 0.1) is 0 Å². The molecule has 0 aromatic heterocycles. The molecule has 0 bridgehead atoms. The summed E-state index contributed by atoms with van der Waals surface area (Å²) < 4.78 is 1.75. The second-order valence-corrected chi connectivity index (χ2v) is 3.15. The van der Waals surface area contributed by atoms with Crippen molar-refractivity contribution in [3.63, 3.8) is 0 Å². The van der Waals surface area contributed by atoms with E-state index in [2.05, 4.69) is 18.1 Å². The van der Waals surface area contributed by atoms with Crippen LogP contribution < -0.4 is 11.1 Å². The molecule has 3 nitrogen and oxygen atoms in total. The van der Waals surface area contributed by atoms with Gasteiger partial charge in [-0.1, -0.05) is 12.8 Å². The Morgan fingerprint density at radius 1 is 1.88 bits per heavy atom. The van der Waals surface area contributed by atoms with Gasteiger partial charge in [-0.15, -0.1) is 0 Å². The van der Waals surface area contributed by atoms with Crippen molar-refractivity contribution in [1.29, 1.82) is 0 Å². The molecule has 8 heavy (non-hydrogen) atoms. The molecule has 1 saturated heterocycles. The molecule has 1 rings (SSSR count). The first kappa shape index (κ1) is 9.32. The second kappa shape index (κ2) is 4.19. The molecule has 0 aromatic carbocycles. The van der Waals surface area contributed by atoms with Gasteiger partial charge < -0.3 is 5.73 Å². The maximum absolute atomic E-state index is 5.39. The molecule has 1 aliphatic heterocycles. The molecule has 0 amide bonds. The first-order valence-electron chi connectivity index (χ1n) is 1.91. The van der Waals surface area contributed by atoms with Crippen molar-refractivity contribution in [2.75, 3.05) is 6.67 Å². The van der Waals surface area contributed by atoms with E-state index in [0.29, 0.717) is 0 Å². The Morgan fingerprint density at radius 2 is 2.50 bits per heavy atom. The summed E-state index contributed by atoms with van der Waals surface area (Å²) in [6.07, 6.45) is 0. The molecule has 0 aliphatic carbocycles. The molecule has 52 valence electrons. The maximum atomic E-state index is 5.39. The Hall–Kier alpha value is 1.32. The number of thiol groups is 1. The van der Waals surface area contributed by atoms with Gasteiger partial charge in [0.15, 0.2) is 0 Å². The third-order valence-corrected chi connectivity index (χ3v) is 1.85. The van der Waals surface area contributed by atoms with Crippen LogP contribution >= 0.6 is 24.8 Å². The Kier molecular flexibility index (Phi) is 4.88. The van der Waals surface area contributed by atoms with Gasteiger partial charge in [0, 0.05) is 0 Å². The second-order valence-electron chi connectivity index (χ2n) is 1.24. The monoisotopic (exact) mass is 244 g/mol. The normalized spacial score (nSPS) is 30.0. The van der Waals surface area contributed by atoms with Crippen molar-refractivity contribution >= 4 is 24.8 Å². The third kappa shape index (κ3) is 2.75. The minimum absolute atomic E-state index is 0. The van der Waals surface area contributed by atoms with Crippen LogP contribution in [0.3, 0.4) is 0 Å². The van der Waals surface area contributed by atoms with Crippen LogP contribution in [0.15, 0.2) is 0 Å². The van der Waals surface area contributed by atoms with Crippen LogP contribution in [0.4, 0.5) is 0 Å². The number of hydrogen-bond donors (Lipinski definition) is 3. The van der Waals surface area contributed by atoms with E-state index in [4.69, 9.17) is 5.73 Å². The number of nitrogens with zero attached hydrogens (tertiary/aromatic N) is 1. The molecule has 3 N–H and O–H groups in total. The molecule has 1 heterocycles. The first-order valence-corrected chi connectivity index (χ1v) is 3.15. The Bertz CT molecular complexity index is 64.3. The summed E-state index contributed by atoms with van der Waals surface area (Å²) in [5.74, 6) is 0. The third-order valence-electron chi connectivity index (χ3n) is 0.663. The summed E-state index contributed by atoms with van der Waals surface area (Å²) >= 11 is 5.49. The molecule has 0 saturated carbocycles. The predicted octanol–water partition coefficient (Wildman–Crippen LogP) is -0.418. The zero-order valence-electron chi connectivity index (χ0n) is 3.97. The number of hydrogen-bond acceptors (Lipinski definition) is 5. The molecule has 1 aliphatic rings. The Balaban J connectivity index is 0.000000490. The van der Waals surface area contributed by atoms with E-state index >= 15 is 0 Å². The fourth-order valence-electron chi connectivity index (χ4n) is 0.374. The van der Waals surface area contributed by atoms with E-state index in [-0.39, 0.29) is 27.9 Å². The van der Waals surface area contributed by atoms with E-state index in [1.807, 2.05) is 0 Å². The topological polar surface area (TPSA) is 41.3 Å². The molecule has 6 heteroatoms. The Morgan fingerprint density at radius 3 is 2.62 bits per heavy atom. The van der Waals surface area contributed by atoms with Gasteiger partial charge in [0.2, 0.25) is 0 Å². The van der Waals surface area contributed by atoms with Gasteiger partial charge in [-0.05, 0) is 11.9 Å². The van der Waals surface area contributed by atoms with E-state index in [1.54, 1.807) is 3.71 Å². The van der Waals surface area contributed by atoms with Gasteiger partial charge in [-0.25, -0.2) is 0 Å². The van der Waals surface area contributed by atoms with Crippen molar-refractivity contribution in [2.24, 2.45) is 5.73 Å². The van der Waals surface area contributed by atoms with E-state index < -0.39 is 0 Å². The predicted molar refractivity (Wildman–Crippen MR) is 34.4 cm³/mol. The van der Waals surface area contributed by atoms with Crippen LogP contribution in [0.25, 0.3) is 0 Å². The number of nitrogens with two attached hydrogens (primary N) is 1. The van der Waals surface area contributed by atoms with Crippen LogP contribution in [0.1, 0.15) is 0 Å². The molecule has 1 fully saturated rings. The van der Waals surface area contributed by atoms with E-state index in [1.165, 1.54) is 11.9 Å².